The van der Waals surface area contributed by atoms with Gasteiger partial charge in [0.1, 0.15) is 0 Å². The standard InChI is InChI=1S/C10H10BrNO2/c11-6-10-9(7-14-12(10)13)8-4-2-1-3-5-8/h1-5,9H,6-7H2/t9-/m1/s1. The molecule has 0 N–H and O–H groups in total. The second-order valence-electron chi connectivity index (χ2n) is 3.14. The maximum absolute atomic E-state index is 11.2. The van der Waals surface area contributed by atoms with Crippen LogP contribution in [-0.4, -0.2) is 22.6 Å². The van der Waals surface area contributed by atoms with Gasteiger partial charge in [-0.2, -0.15) is 0 Å². The Kier molecular flexibility index (Phi) is 2.72. The third-order valence-electron chi connectivity index (χ3n) is 2.33. The molecule has 0 bridgehead atoms. The number of nitrogens with zero attached hydrogens (tertiary/aromatic N) is 1. The Morgan fingerprint density at radius 3 is 2.79 bits per heavy atom. The fourth-order valence-corrected chi connectivity index (χ4v) is 2.16. The van der Waals surface area contributed by atoms with Crippen molar-refractivity contribution in [3.05, 3.63) is 41.1 Å². The van der Waals surface area contributed by atoms with E-state index in [-0.39, 0.29) is 5.92 Å². The number of alkyl halides is 1. The van der Waals surface area contributed by atoms with Crippen LogP contribution in [0.4, 0.5) is 0 Å². The monoisotopic (exact) mass is 255 g/mol. The molecule has 1 heterocycles. The fraction of sp³-hybridized carbons (Fsp3) is 0.300. The molecule has 0 unspecified atom stereocenters. The van der Waals surface area contributed by atoms with Gasteiger partial charge in [-0.15, -0.1) is 0 Å². The molecular weight excluding hydrogens is 246 g/mol. The molecule has 0 saturated heterocycles. The minimum absolute atomic E-state index is 0.0908. The molecule has 1 aliphatic heterocycles. The van der Waals surface area contributed by atoms with Gasteiger partial charge >= 0.3 is 0 Å². The predicted molar refractivity (Wildman–Crippen MR) is 57.6 cm³/mol. The highest BCUT2D eigenvalue weighted by Gasteiger charge is 2.31. The van der Waals surface area contributed by atoms with Gasteiger partial charge in [0.25, 0.3) is 0 Å². The number of halogens is 1. The van der Waals surface area contributed by atoms with Gasteiger partial charge < -0.3 is 4.84 Å². The Morgan fingerprint density at radius 1 is 1.43 bits per heavy atom. The van der Waals surface area contributed by atoms with Crippen LogP contribution in [0, 0.1) is 5.21 Å². The van der Waals surface area contributed by atoms with Crippen LogP contribution >= 0.6 is 15.9 Å². The molecule has 0 saturated carbocycles. The first kappa shape index (κ1) is 9.52. The summed E-state index contributed by atoms with van der Waals surface area (Å²) in [4.78, 5) is 5.55. The van der Waals surface area contributed by atoms with E-state index in [0.29, 0.717) is 16.8 Å². The van der Waals surface area contributed by atoms with Crippen molar-refractivity contribution in [1.29, 1.82) is 0 Å². The Balaban J connectivity index is 2.29. The summed E-state index contributed by atoms with van der Waals surface area (Å²) in [5.74, 6) is 0.0908. The number of benzene rings is 1. The summed E-state index contributed by atoms with van der Waals surface area (Å²) in [6.45, 7) is 0.439. The van der Waals surface area contributed by atoms with E-state index >= 15 is 0 Å². The third kappa shape index (κ3) is 1.62. The molecule has 0 amide bonds. The van der Waals surface area contributed by atoms with Crippen LogP contribution in [0.25, 0.3) is 0 Å². The molecule has 3 nitrogen and oxygen atoms in total. The summed E-state index contributed by atoms with van der Waals surface area (Å²) in [5.41, 5.74) is 1.86. The Bertz CT molecular complexity index is 350. The van der Waals surface area contributed by atoms with Crippen molar-refractivity contribution in [2.24, 2.45) is 0 Å². The van der Waals surface area contributed by atoms with Gasteiger partial charge in [-0.25, -0.2) is 0 Å². The predicted octanol–water partition coefficient (Wildman–Crippen LogP) is 2.06. The largest absolute Gasteiger partial charge is 0.402 e. The van der Waals surface area contributed by atoms with Gasteiger partial charge in [0.15, 0.2) is 0 Å². The number of hydrogen-bond acceptors (Lipinski definition) is 2. The van der Waals surface area contributed by atoms with Crippen LogP contribution in [0.2, 0.25) is 0 Å². The maximum Gasteiger partial charge on any atom is 0.240 e. The lowest BCUT2D eigenvalue weighted by Crippen LogP contribution is -2.15. The lowest BCUT2D eigenvalue weighted by Gasteiger charge is -2.05. The second-order valence-corrected chi connectivity index (χ2v) is 3.70. The zero-order valence-electron chi connectivity index (χ0n) is 7.52. The molecule has 0 spiro atoms. The van der Waals surface area contributed by atoms with E-state index < -0.39 is 0 Å². The summed E-state index contributed by atoms with van der Waals surface area (Å²) >= 11 is 3.30. The van der Waals surface area contributed by atoms with Crippen molar-refractivity contribution in [1.82, 2.24) is 0 Å². The Labute approximate surface area is 90.7 Å². The van der Waals surface area contributed by atoms with Gasteiger partial charge in [-0.3, -0.25) is 5.21 Å². The quantitative estimate of drug-likeness (QED) is 0.599. The first-order chi connectivity index (χ1) is 6.83. The van der Waals surface area contributed by atoms with Crippen LogP contribution in [0.5, 0.6) is 0 Å². The number of hydrogen-bond donors (Lipinski definition) is 0. The van der Waals surface area contributed by atoms with Crippen LogP contribution in [-0.2, 0) is 4.84 Å². The van der Waals surface area contributed by atoms with Crippen molar-refractivity contribution >= 4 is 21.6 Å². The van der Waals surface area contributed by atoms with E-state index in [1.807, 2.05) is 30.3 Å². The van der Waals surface area contributed by atoms with E-state index in [2.05, 4.69) is 15.9 Å². The second kappa shape index (κ2) is 4.00. The molecule has 1 aliphatic rings. The summed E-state index contributed by atoms with van der Waals surface area (Å²) in [6.07, 6.45) is 0. The van der Waals surface area contributed by atoms with Crippen LogP contribution in [0.3, 0.4) is 0 Å². The van der Waals surface area contributed by atoms with Crippen molar-refractivity contribution < 1.29 is 9.74 Å². The van der Waals surface area contributed by atoms with Crippen molar-refractivity contribution in [2.45, 2.75) is 5.92 Å². The van der Waals surface area contributed by atoms with Crippen molar-refractivity contribution in [3.63, 3.8) is 0 Å². The van der Waals surface area contributed by atoms with Gasteiger partial charge in [0, 0.05) is 4.90 Å². The minimum atomic E-state index is 0.0908. The van der Waals surface area contributed by atoms with Crippen LogP contribution < -0.4 is 0 Å². The van der Waals surface area contributed by atoms with E-state index in [4.69, 9.17) is 4.84 Å². The highest BCUT2D eigenvalue weighted by Crippen LogP contribution is 2.23. The normalized spacial score (nSPS) is 21.1. The smallest absolute Gasteiger partial charge is 0.240 e. The lowest BCUT2D eigenvalue weighted by atomic mass is 9.96. The highest BCUT2D eigenvalue weighted by atomic mass is 79.9. The van der Waals surface area contributed by atoms with Gasteiger partial charge in [0.05, 0.1) is 17.9 Å². The van der Waals surface area contributed by atoms with E-state index in [1.54, 1.807) is 0 Å². The number of rotatable bonds is 2. The molecule has 0 aromatic heterocycles. The van der Waals surface area contributed by atoms with E-state index in [9.17, 15) is 5.21 Å². The van der Waals surface area contributed by atoms with Crippen LogP contribution in [0.15, 0.2) is 30.3 Å². The molecule has 2 rings (SSSR count). The Morgan fingerprint density at radius 2 is 2.14 bits per heavy atom. The van der Waals surface area contributed by atoms with Gasteiger partial charge in [-0.1, -0.05) is 46.3 Å². The van der Waals surface area contributed by atoms with E-state index in [0.717, 1.165) is 11.3 Å². The summed E-state index contributed by atoms with van der Waals surface area (Å²) in [5, 5.41) is 11.8. The molecule has 0 radical (unpaired) electrons. The zero-order valence-corrected chi connectivity index (χ0v) is 9.11. The molecule has 14 heavy (non-hydrogen) atoms. The molecule has 74 valence electrons. The van der Waals surface area contributed by atoms with Crippen LogP contribution in [0.1, 0.15) is 11.5 Å². The summed E-state index contributed by atoms with van der Waals surface area (Å²) < 4.78 is 0. The topological polar surface area (TPSA) is 35.3 Å². The van der Waals surface area contributed by atoms with Gasteiger partial charge in [0.2, 0.25) is 5.71 Å². The molecule has 1 aromatic carbocycles. The van der Waals surface area contributed by atoms with Crippen molar-refractivity contribution in [2.75, 3.05) is 11.9 Å². The molecule has 1 aromatic rings. The minimum Gasteiger partial charge on any atom is -0.402 e. The third-order valence-corrected chi connectivity index (χ3v) is 2.91. The van der Waals surface area contributed by atoms with E-state index in [1.165, 1.54) is 0 Å². The maximum atomic E-state index is 11.2. The molecule has 1 atom stereocenters. The summed E-state index contributed by atoms with van der Waals surface area (Å²) in [7, 11) is 0. The average molecular weight is 256 g/mol. The molecule has 0 fully saturated rings. The van der Waals surface area contributed by atoms with Crippen molar-refractivity contribution in [3.8, 4) is 0 Å². The molecular formula is C10H10BrNO2. The highest BCUT2D eigenvalue weighted by molar-refractivity contribution is 9.09. The Hall–Kier alpha value is -1.03. The first-order valence-corrected chi connectivity index (χ1v) is 5.52. The zero-order chi connectivity index (χ0) is 9.97. The summed E-state index contributed by atoms with van der Waals surface area (Å²) in [6, 6.07) is 9.91. The SMILES string of the molecule is [O-][N+]1=C(CBr)[C@@H](c2ccccc2)CO1. The van der Waals surface area contributed by atoms with Gasteiger partial charge in [-0.05, 0) is 5.56 Å². The molecule has 4 heteroatoms. The average Bonchev–Trinajstić information content (AvgIpc) is 2.61. The first-order valence-electron chi connectivity index (χ1n) is 4.39. The molecule has 0 aliphatic carbocycles. The fourth-order valence-electron chi connectivity index (χ4n) is 1.56. The lowest BCUT2D eigenvalue weighted by molar-refractivity contribution is -0.730.